The molecule has 0 saturated heterocycles. The summed E-state index contributed by atoms with van der Waals surface area (Å²) in [6, 6.07) is 0.0208. The minimum absolute atomic E-state index is 0.0208. The Kier molecular flexibility index (Phi) is 4.09. The summed E-state index contributed by atoms with van der Waals surface area (Å²) in [5, 5.41) is 5.08. The average Bonchev–Trinajstić information content (AvgIpc) is 2.46. The molecule has 0 amide bonds. The maximum Gasteiger partial charge on any atom is 0.342 e. The maximum absolute atomic E-state index is 11.4. The molecular formula is C8H15N3O2S. The number of aromatic amines is 2. The highest BCUT2D eigenvalue weighted by atomic mass is 32.1. The minimum atomic E-state index is -0.203. The molecule has 0 spiro atoms. The SMILES string of the molecule is CCCC(COC)n1c(=O)[nH][nH]c1=S. The summed E-state index contributed by atoms with van der Waals surface area (Å²) in [6.07, 6.45) is 1.86. The van der Waals surface area contributed by atoms with Crippen molar-refractivity contribution < 1.29 is 4.74 Å². The molecule has 1 aromatic rings. The molecule has 0 aliphatic heterocycles. The standard InChI is InChI=1S/C8H15N3O2S/c1-3-4-6(5-13-2)11-7(12)9-10-8(11)14/h6H,3-5H2,1-2H3,(H,9,12)(H,10,14). The number of ether oxygens (including phenoxy) is 1. The van der Waals surface area contributed by atoms with Crippen molar-refractivity contribution in [3.8, 4) is 0 Å². The Balaban J connectivity index is 2.97. The molecule has 0 aliphatic rings. The third-order valence-electron chi connectivity index (χ3n) is 2.06. The van der Waals surface area contributed by atoms with Gasteiger partial charge in [-0.1, -0.05) is 13.3 Å². The van der Waals surface area contributed by atoms with Gasteiger partial charge >= 0.3 is 5.69 Å². The molecule has 1 rings (SSSR count). The predicted octanol–water partition coefficient (Wildman–Crippen LogP) is 1.22. The molecule has 1 unspecified atom stereocenters. The Labute approximate surface area is 87.1 Å². The number of hydrogen-bond acceptors (Lipinski definition) is 3. The van der Waals surface area contributed by atoms with Gasteiger partial charge in [0.05, 0.1) is 12.6 Å². The zero-order valence-electron chi connectivity index (χ0n) is 8.37. The number of aromatic nitrogens is 3. The smallest absolute Gasteiger partial charge is 0.342 e. The second-order valence-electron chi connectivity index (χ2n) is 3.13. The Morgan fingerprint density at radius 3 is 2.71 bits per heavy atom. The van der Waals surface area contributed by atoms with E-state index in [9.17, 15) is 4.79 Å². The van der Waals surface area contributed by atoms with E-state index in [1.165, 1.54) is 4.57 Å². The highest BCUT2D eigenvalue weighted by Crippen LogP contribution is 2.11. The third kappa shape index (κ3) is 2.33. The van der Waals surface area contributed by atoms with Crippen molar-refractivity contribution >= 4 is 12.2 Å². The van der Waals surface area contributed by atoms with Gasteiger partial charge in [0, 0.05) is 7.11 Å². The monoisotopic (exact) mass is 217 g/mol. The van der Waals surface area contributed by atoms with Gasteiger partial charge in [0.15, 0.2) is 4.77 Å². The summed E-state index contributed by atoms with van der Waals surface area (Å²) >= 11 is 5.00. The predicted molar refractivity (Wildman–Crippen MR) is 56.1 cm³/mol. The number of methoxy groups -OCH3 is 1. The molecule has 1 atom stereocenters. The third-order valence-corrected chi connectivity index (χ3v) is 2.36. The first kappa shape index (κ1) is 11.2. The van der Waals surface area contributed by atoms with Crippen LogP contribution in [0.15, 0.2) is 4.79 Å². The first-order valence-corrected chi connectivity index (χ1v) is 4.99. The molecule has 0 radical (unpaired) electrons. The fraction of sp³-hybridized carbons (Fsp3) is 0.750. The normalized spacial score (nSPS) is 13.0. The van der Waals surface area contributed by atoms with Gasteiger partial charge in [-0.25, -0.2) is 9.89 Å². The Bertz CT molecular complexity index is 345. The van der Waals surface area contributed by atoms with E-state index < -0.39 is 0 Å². The van der Waals surface area contributed by atoms with Crippen LogP contribution in [0, 0.1) is 4.77 Å². The molecule has 14 heavy (non-hydrogen) atoms. The molecule has 0 bridgehead atoms. The summed E-state index contributed by atoms with van der Waals surface area (Å²) in [5.41, 5.74) is -0.203. The number of rotatable bonds is 5. The first-order chi connectivity index (χ1) is 6.70. The van der Waals surface area contributed by atoms with E-state index in [4.69, 9.17) is 17.0 Å². The summed E-state index contributed by atoms with van der Waals surface area (Å²) < 4.78 is 7.01. The Morgan fingerprint density at radius 1 is 1.57 bits per heavy atom. The van der Waals surface area contributed by atoms with Gasteiger partial charge in [-0.2, -0.15) is 0 Å². The van der Waals surface area contributed by atoms with Crippen molar-refractivity contribution in [1.29, 1.82) is 0 Å². The summed E-state index contributed by atoms with van der Waals surface area (Å²) in [5.74, 6) is 0. The van der Waals surface area contributed by atoms with Crippen LogP contribution in [0.25, 0.3) is 0 Å². The van der Waals surface area contributed by atoms with E-state index in [-0.39, 0.29) is 11.7 Å². The quantitative estimate of drug-likeness (QED) is 0.729. The van der Waals surface area contributed by atoms with Crippen LogP contribution in [0.4, 0.5) is 0 Å². The molecule has 5 nitrogen and oxygen atoms in total. The number of nitrogens with zero attached hydrogens (tertiary/aromatic N) is 1. The van der Waals surface area contributed by atoms with Gasteiger partial charge in [0.2, 0.25) is 0 Å². The van der Waals surface area contributed by atoms with Gasteiger partial charge in [0.1, 0.15) is 0 Å². The van der Waals surface area contributed by atoms with E-state index in [1.807, 2.05) is 0 Å². The summed E-state index contributed by atoms with van der Waals surface area (Å²) in [6.45, 7) is 2.57. The van der Waals surface area contributed by atoms with E-state index in [0.29, 0.717) is 11.4 Å². The van der Waals surface area contributed by atoms with Crippen molar-refractivity contribution in [3.05, 3.63) is 15.3 Å². The number of H-pyrrole nitrogens is 2. The van der Waals surface area contributed by atoms with Crippen molar-refractivity contribution in [1.82, 2.24) is 14.8 Å². The number of nitrogens with one attached hydrogen (secondary N) is 2. The van der Waals surface area contributed by atoms with E-state index in [1.54, 1.807) is 7.11 Å². The lowest BCUT2D eigenvalue weighted by Crippen LogP contribution is -2.25. The first-order valence-electron chi connectivity index (χ1n) is 4.58. The van der Waals surface area contributed by atoms with Crippen LogP contribution in [0.2, 0.25) is 0 Å². The molecule has 0 aromatic carbocycles. The summed E-state index contributed by atoms with van der Waals surface area (Å²) in [4.78, 5) is 11.4. The van der Waals surface area contributed by atoms with Crippen LogP contribution in [-0.4, -0.2) is 28.5 Å². The van der Waals surface area contributed by atoms with Crippen molar-refractivity contribution in [2.45, 2.75) is 25.8 Å². The maximum atomic E-state index is 11.4. The van der Waals surface area contributed by atoms with Crippen LogP contribution >= 0.6 is 12.2 Å². The highest BCUT2D eigenvalue weighted by Gasteiger charge is 2.13. The van der Waals surface area contributed by atoms with Crippen molar-refractivity contribution in [3.63, 3.8) is 0 Å². The van der Waals surface area contributed by atoms with Crippen LogP contribution in [0.5, 0.6) is 0 Å². The fourth-order valence-electron chi connectivity index (χ4n) is 1.46. The largest absolute Gasteiger partial charge is 0.383 e. The summed E-state index contributed by atoms with van der Waals surface area (Å²) in [7, 11) is 1.62. The van der Waals surface area contributed by atoms with Gasteiger partial charge in [0.25, 0.3) is 0 Å². The second-order valence-corrected chi connectivity index (χ2v) is 3.51. The molecule has 0 aliphatic carbocycles. The van der Waals surface area contributed by atoms with Gasteiger partial charge < -0.3 is 4.74 Å². The van der Waals surface area contributed by atoms with Crippen molar-refractivity contribution in [2.24, 2.45) is 0 Å². The lowest BCUT2D eigenvalue weighted by molar-refractivity contribution is 0.148. The van der Waals surface area contributed by atoms with Crippen LogP contribution in [-0.2, 0) is 4.74 Å². The molecular weight excluding hydrogens is 202 g/mol. The molecule has 80 valence electrons. The van der Waals surface area contributed by atoms with Gasteiger partial charge in [-0.15, -0.1) is 0 Å². The molecule has 6 heteroatoms. The van der Waals surface area contributed by atoms with E-state index >= 15 is 0 Å². The average molecular weight is 217 g/mol. The zero-order valence-corrected chi connectivity index (χ0v) is 9.19. The van der Waals surface area contributed by atoms with Gasteiger partial charge in [-0.3, -0.25) is 9.67 Å². The van der Waals surface area contributed by atoms with Crippen LogP contribution < -0.4 is 5.69 Å². The van der Waals surface area contributed by atoms with Crippen molar-refractivity contribution in [2.75, 3.05) is 13.7 Å². The lowest BCUT2D eigenvalue weighted by Gasteiger charge is -2.14. The zero-order chi connectivity index (χ0) is 10.6. The van der Waals surface area contributed by atoms with Crippen LogP contribution in [0.1, 0.15) is 25.8 Å². The topological polar surface area (TPSA) is 62.8 Å². The lowest BCUT2D eigenvalue weighted by atomic mass is 10.2. The van der Waals surface area contributed by atoms with Crippen LogP contribution in [0.3, 0.4) is 0 Å². The second kappa shape index (κ2) is 5.11. The van der Waals surface area contributed by atoms with E-state index in [0.717, 1.165) is 12.8 Å². The van der Waals surface area contributed by atoms with Gasteiger partial charge in [-0.05, 0) is 18.6 Å². The molecule has 0 saturated carbocycles. The van der Waals surface area contributed by atoms with E-state index in [2.05, 4.69) is 17.1 Å². The minimum Gasteiger partial charge on any atom is -0.383 e. The Hall–Kier alpha value is -0.880. The molecule has 0 fully saturated rings. The fourth-order valence-corrected chi connectivity index (χ4v) is 1.75. The highest BCUT2D eigenvalue weighted by molar-refractivity contribution is 7.71. The Morgan fingerprint density at radius 2 is 2.29 bits per heavy atom. The number of hydrogen-bond donors (Lipinski definition) is 2. The molecule has 2 N–H and O–H groups in total. The molecule has 1 aromatic heterocycles. The molecule has 1 heterocycles.